The quantitative estimate of drug-likeness (QED) is 0.801. The first-order chi connectivity index (χ1) is 7.06. The van der Waals surface area contributed by atoms with E-state index in [4.69, 9.17) is 0 Å². The zero-order valence-electron chi connectivity index (χ0n) is 9.10. The van der Waals surface area contributed by atoms with Crippen LogP contribution in [0.3, 0.4) is 0 Å². The van der Waals surface area contributed by atoms with Crippen LogP contribution in [0.5, 0.6) is 0 Å². The highest BCUT2D eigenvalue weighted by molar-refractivity contribution is 5.99. The number of hydrogen-bond acceptors (Lipinski definition) is 2. The Morgan fingerprint density at radius 2 is 2.07 bits per heavy atom. The van der Waals surface area contributed by atoms with Crippen LogP contribution in [0.2, 0.25) is 0 Å². The van der Waals surface area contributed by atoms with Crippen molar-refractivity contribution in [3.63, 3.8) is 0 Å². The molecular weight excluding hydrogens is 195 g/mol. The van der Waals surface area contributed by atoms with E-state index in [9.17, 15) is 9.18 Å². The van der Waals surface area contributed by atoms with Gasteiger partial charge in [-0.3, -0.25) is 4.79 Å². The normalized spacial score (nSPS) is 10.2. The van der Waals surface area contributed by atoms with Crippen molar-refractivity contribution >= 4 is 11.6 Å². The van der Waals surface area contributed by atoms with Crippen LogP contribution in [0.25, 0.3) is 0 Å². The highest BCUT2D eigenvalue weighted by Crippen LogP contribution is 2.18. The molecule has 3 nitrogen and oxygen atoms in total. The molecule has 15 heavy (non-hydrogen) atoms. The summed E-state index contributed by atoms with van der Waals surface area (Å²) in [6, 6.07) is 4.46. The molecule has 1 aromatic carbocycles. The summed E-state index contributed by atoms with van der Waals surface area (Å²) in [6.45, 7) is 3.71. The topological polar surface area (TPSA) is 41.1 Å². The van der Waals surface area contributed by atoms with Gasteiger partial charge in [-0.05, 0) is 26.0 Å². The Labute approximate surface area is 88.7 Å². The number of hydrogen-bond donors (Lipinski definition) is 2. The third kappa shape index (κ3) is 2.68. The van der Waals surface area contributed by atoms with Gasteiger partial charge in [-0.1, -0.05) is 6.07 Å². The highest BCUT2D eigenvalue weighted by Gasteiger charge is 2.14. The van der Waals surface area contributed by atoms with Crippen molar-refractivity contribution < 1.29 is 9.18 Å². The Morgan fingerprint density at radius 1 is 1.40 bits per heavy atom. The predicted octanol–water partition coefficient (Wildman–Crippen LogP) is 2.01. The van der Waals surface area contributed by atoms with E-state index in [0.717, 1.165) is 0 Å². The van der Waals surface area contributed by atoms with Gasteiger partial charge in [0.1, 0.15) is 5.82 Å². The molecule has 0 saturated carbocycles. The molecule has 0 unspecified atom stereocenters. The molecule has 2 N–H and O–H groups in total. The van der Waals surface area contributed by atoms with Crippen molar-refractivity contribution in [1.29, 1.82) is 0 Å². The van der Waals surface area contributed by atoms with Gasteiger partial charge in [-0.25, -0.2) is 4.39 Å². The van der Waals surface area contributed by atoms with Gasteiger partial charge in [-0.15, -0.1) is 0 Å². The second-order valence-electron chi connectivity index (χ2n) is 3.54. The lowest BCUT2D eigenvalue weighted by Crippen LogP contribution is -2.30. The lowest BCUT2D eigenvalue weighted by molar-refractivity contribution is 0.0943. The van der Waals surface area contributed by atoms with E-state index >= 15 is 0 Å². The SMILES string of the molecule is CNc1c(F)cccc1C(=O)NC(C)C. The molecule has 0 atom stereocenters. The van der Waals surface area contributed by atoms with Crippen molar-refractivity contribution in [2.45, 2.75) is 19.9 Å². The molecule has 0 bridgehead atoms. The van der Waals surface area contributed by atoms with E-state index in [1.807, 2.05) is 13.8 Å². The fourth-order valence-electron chi connectivity index (χ4n) is 1.31. The van der Waals surface area contributed by atoms with E-state index in [2.05, 4.69) is 10.6 Å². The molecule has 0 spiro atoms. The number of amides is 1. The minimum atomic E-state index is -0.422. The first kappa shape index (κ1) is 11.5. The highest BCUT2D eigenvalue weighted by atomic mass is 19.1. The number of anilines is 1. The smallest absolute Gasteiger partial charge is 0.253 e. The summed E-state index contributed by atoms with van der Waals surface area (Å²) in [5.74, 6) is -0.692. The maximum absolute atomic E-state index is 13.3. The van der Waals surface area contributed by atoms with Gasteiger partial charge < -0.3 is 10.6 Å². The molecule has 0 heterocycles. The zero-order chi connectivity index (χ0) is 11.4. The van der Waals surface area contributed by atoms with E-state index in [1.54, 1.807) is 13.1 Å². The number of benzene rings is 1. The average Bonchev–Trinajstić information content (AvgIpc) is 2.16. The van der Waals surface area contributed by atoms with Crippen molar-refractivity contribution in [2.75, 3.05) is 12.4 Å². The number of rotatable bonds is 3. The maximum atomic E-state index is 13.3. The Morgan fingerprint density at radius 3 is 2.60 bits per heavy atom. The summed E-state index contributed by atoms with van der Waals surface area (Å²) in [4.78, 5) is 11.7. The number of carbonyl (C=O) groups is 1. The summed E-state index contributed by atoms with van der Waals surface area (Å²) >= 11 is 0. The van der Waals surface area contributed by atoms with Crippen LogP contribution in [0.1, 0.15) is 24.2 Å². The number of para-hydroxylation sites is 1. The minimum absolute atomic E-state index is 0.0328. The standard InChI is InChI=1S/C11H15FN2O/c1-7(2)14-11(15)8-5-4-6-9(12)10(8)13-3/h4-7,13H,1-3H3,(H,14,15). The molecule has 82 valence electrons. The summed E-state index contributed by atoms with van der Waals surface area (Å²) in [5, 5.41) is 5.40. The molecule has 0 fully saturated rings. The van der Waals surface area contributed by atoms with E-state index in [1.165, 1.54) is 12.1 Å². The third-order valence-corrected chi connectivity index (χ3v) is 1.93. The molecule has 1 amide bonds. The summed E-state index contributed by atoms with van der Waals surface area (Å²) in [6.07, 6.45) is 0. The Kier molecular flexibility index (Phi) is 3.66. The number of nitrogens with one attached hydrogen (secondary N) is 2. The van der Waals surface area contributed by atoms with Crippen LogP contribution in [0, 0.1) is 5.82 Å². The van der Waals surface area contributed by atoms with E-state index in [-0.39, 0.29) is 17.6 Å². The third-order valence-electron chi connectivity index (χ3n) is 1.93. The molecule has 1 aromatic rings. The van der Waals surface area contributed by atoms with Crippen LogP contribution in [-0.2, 0) is 0 Å². The fourth-order valence-corrected chi connectivity index (χ4v) is 1.31. The molecule has 0 radical (unpaired) electrons. The van der Waals surface area contributed by atoms with Gasteiger partial charge in [0, 0.05) is 13.1 Å². The molecule has 0 aliphatic carbocycles. The van der Waals surface area contributed by atoms with Crippen molar-refractivity contribution in [3.05, 3.63) is 29.6 Å². The second-order valence-corrected chi connectivity index (χ2v) is 3.54. The average molecular weight is 210 g/mol. The van der Waals surface area contributed by atoms with Gasteiger partial charge in [-0.2, -0.15) is 0 Å². The Bertz CT molecular complexity index is 364. The molecule has 0 aromatic heterocycles. The van der Waals surface area contributed by atoms with Gasteiger partial charge in [0.25, 0.3) is 5.91 Å². The Balaban J connectivity index is 3.03. The first-order valence-electron chi connectivity index (χ1n) is 4.83. The van der Waals surface area contributed by atoms with Crippen LogP contribution in [0.4, 0.5) is 10.1 Å². The van der Waals surface area contributed by atoms with Crippen LogP contribution in [-0.4, -0.2) is 19.0 Å². The molecule has 0 saturated heterocycles. The monoisotopic (exact) mass is 210 g/mol. The molecular formula is C11H15FN2O. The summed E-state index contributed by atoms with van der Waals surface area (Å²) in [5.41, 5.74) is 0.557. The summed E-state index contributed by atoms with van der Waals surface area (Å²) in [7, 11) is 1.59. The van der Waals surface area contributed by atoms with Gasteiger partial charge in [0.15, 0.2) is 0 Å². The van der Waals surface area contributed by atoms with Gasteiger partial charge in [0.2, 0.25) is 0 Å². The molecule has 0 aliphatic heterocycles. The second kappa shape index (κ2) is 4.77. The molecule has 1 rings (SSSR count). The van der Waals surface area contributed by atoms with E-state index in [0.29, 0.717) is 5.56 Å². The maximum Gasteiger partial charge on any atom is 0.253 e. The Hall–Kier alpha value is -1.58. The minimum Gasteiger partial charge on any atom is -0.385 e. The predicted molar refractivity (Wildman–Crippen MR) is 58.5 cm³/mol. The molecule has 4 heteroatoms. The van der Waals surface area contributed by atoms with Gasteiger partial charge in [0.05, 0.1) is 11.3 Å². The lowest BCUT2D eigenvalue weighted by Gasteiger charge is -2.12. The summed E-state index contributed by atoms with van der Waals surface area (Å²) < 4.78 is 13.3. The van der Waals surface area contributed by atoms with Crippen LogP contribution in [0.15, 0.2) is 18.2 Å². The van der Waals surface area contributed by atoms with E-state index < -0.39 is 5.82 Å². The van der Waals surface area contributed by atoms with Crippen LogP contribution < -0.4 is 10.6 Å². The number of carbonyl (C=O) groups excluding carboxylic acids is 1. The van der Waals surface area contributed by atoms with Gasteiger partial charge >= 0.3 is 0 Å². The van der Waals surface area contributed by atoms with Crippen molar-refractivity contribution in [1.82, 2.24) is 5.32 Å². The largest absolute Gasteiger partial charge is 0.385 e. The van der Waals surface area contributed by atoms with Crippen molar-refractivity contribution in [2.24, 2.45) is 0 Å². The molecule has 0 aliphatic rings. The van der Waals surface area contributed by atoms with Crippen LogP contribution >= 0.6 is 0 Å². The van der Waals surface area contributed by atoms with Crippen molar-refractivity contribution in [3.8, 4) is 0 Å². The number of halogens is 1. The lowest BCUT2D eigenvalue weighted by atomic mass is 10.1. The fraction of sp³-hybridized carbons (Fsp3) is 0.364. The first-order valence-corrected chi connectivity index (χ1v) is 4.83. The zero-order valence-corrected chi connectivity index (χ0v) is 9.10.